The van der Waals surface area contributed by atoms with Crippen LogP contribution in [0.5, 0.6) is 11.5 Å². The fourth-order valence-electron chi connectivity index (χ4n) is 2.19. The first kappa shape index (κ1) is 19.5. The van der Waals surface area contributed by atoms with E-state index in [9.17, 15) is 8.78 Å². The lowest BCUT2D eigenvalue weighted by atomic mass is 10.2. The third kappa shape index (κ3) is 5.91. The molecule has 2 N–H and O–H groups in total. The average Bonchev–Trinajstić information content (AvgIpc) is 3.13. The highest BCUT2D eigenvalue weighted by Crippen LogP contribution is 2.33. The molecule has 0 bridgehead atoms. The van der Waals surface area contributed by atoms with Crippen LogP contribution in [-0.4, -0.2) is 30.9 Å². The molecule has 0 saturated heterocycles. The molecule has 142 valence electrons. The lowest BCUT2D eigenvalue weighted by Crippen LogP contribution is -2.36. The number of aliphatic imine (C=N–C) groups is 1. The third-order valence-electron chi connectivity index (χ3n) is 3.25. The van der Waals surface area contributed by atoms with Gasteiger partial charge in [-0.05, 0) is 19.9 Å². The number of nitrogens with one attached hydrogen (secondary N) is 2. The Morgan fingerprint density at radius 2 is 2.12 bits per heavy atom. The van der Waals surface area contributed by atoms with Gasteiger partial charge in [0.25, 0.3) is 0 Å². The molecular formula is C17H22F2N4O3. The fraction of sp³-hybridized carbons (Fsp3) is 0.412. The van der Waals surface area contributed by atoms with E-state index >= 15 is 0 Å². The number of benzene rings is 1. The Labute approximate surface area is 150 Å². The monoisotopic (exact) mass is 368 g/mol. The van der Waals surface area contributed by atoms with Gasteiger partial charge in [-0.15, -0.1) is 0 Å². The van der Waals surface area contributed by atoms with Crippen LogP contribution in [0.4, 0.5) is 8.78 Å². The molecule has 1 aromatic carbocycles. The van der Waals surface area contributed by atoms with Gasteiger partial charge in [-0.2, -0.15) is 8.78 Å². The predicted octanol–water partition coefficient (Wildman–Crippen LogP) is 2.93. The van der Waals surface area contributed by atoms with E-state index in [1.807, 2.05) is 6.92 Å². The summed E-state index contributed by atoms with van der Waals surface area (Å²) in [6.07, 6.45) is 1.48. The molecule has 2 aromatic rings. The van der Waals surface area contributed by atoms with Crippen molar-refractivity contribution in [3.05, 3.63) is 41.8 Å². The van der Waals surface area contributed by atoms with Gasteiger partial charge in [0, 0.05) is 18.2 Å². The van der Waals surface area contributed by atoms with Crippen LogP contribution >= 0.6 is 0 Å². The van der Waals surface area contributed by atoms with Crippen LogP contribution in [0.25, 0.3) is 0 Å². The molecule has 0 saturated carbocycles. The molecule has 1 heterocycles. The Morgan fingerprint density at radius 1 is 1.27 bits per heavy atom. The lowest BCUT2D eigenvalue weighted by molar-refractivity contribution is -0.0520. The van der Waals surface area contributed by atoms with Crippen LogP contribution in [-0.2, 0) is 13.1 Å². The van der Waals surface area contributed by atoms with Gasteiger partial charge in [-0.3, -0.25) is 0 Å². The number of nitrogens with zero attached hydrogens (tertiary/aromatic N) is 2. The number of alkyl halides is 2. The van der Waals surface area contributed by atoms with E-state index in [-0.39, 0.29) is 18.0 Å². The molecule has 0 atom stereocenters. The van der Waals surface area contributed by atoms with Crippen LogP contribution < -0.4 is 20.1 Å². The molecule has 9 heteroatoms. The van der Waals surface area contributed by atoms with E-state index in [0.29, 0.717) is 31.2 Å². The fourth-order valence-corrected chi connectivity index (χ4v) is 2.19. The van der Waals surface area contributed by atoms with Crippen LogP contribution in [0.1, 0.15) is 25.1 Å². The van der Waals surface area contributed by atoms with Gasteiger partial charge in [0.05, 0.1) is 19.7 Å². The minimum atomic E-state index is -2.95. The van der Waals surface area contributed by atoms with Gasteiger partial charge < -0.3 is 24.6 Å². The largest absolute Gasteiger partial charge is 0.490 e. The smallest absolute Gasteiger partial charge is 0.387 e. The van der Waals surface area contributed by atoms with Crippen molar-refractivity contribution in [2.45, 2.75) is 33.5 Å². The molecule has 0 aliphatic carbocycles. The van der Waals surface area contributed by atoms with E-state index in [4.69, 9.17) is 9.26 Å². The van der Waals surface area contributed by atoms with E-state index < -0.39 is 6.61 Å². The summed E-state index contributed by atoms with van der Waals surface area (Å²) < 4.78 is 40.3. The topological polar surface area (TPSA) is 80.9 Å². The second-order valence-electron chi connectivity index (χ2n) is 5.10. The summed E-state index contributed by atoms with van der Waals surface area (Å²) in [7, 11) is 0. The van der Waals surface area contributed by atoms with Gasteiger partial charge in [0.15, 0.2) is 17.5 Å². The molecule has 7 nitrogen and oxygen atoms in total. The molecule has 0 aliphatic heterocycles. The van der Waals surface area contributed by atoms with Crippen molar-refractivity contribution in [1.82, 2.24) is 15.8 Å². The zero-order valence-electron chi connectivity index (χ0n) is 14.7. The summed E-state index contributed by atoms with van der Waals surface area (Å²) in [5.74, 6) is 0.779. The summed E-state index contributed by atoms with van der Waals surface area (Å²) in [4.78, 5) is 4.41. The van der Waals surface area contributed by atoms with Crippen molar-refractivity contribution >= 4 is 5.96 Å². The Kier molecular flexibility index (Phi) is 7.66. The van der Waals surface area contributed by atoms with Crippen molar-refractivity contribution in [1.29, 1.82) is 0 Å². The van der Waals surface area contributed by atoms with Crippen molar-refractivity contribution in [2.24, 2.45) is 4.99 Å². The Bertz CT molecular complexity index is 693. The molecule has 26 heavy (non-hydrogen) atoms. The molecule has 1 aromatic heterocycles. The van der Waals surface area contributed by atoms with Crippen molar-refractivity contribution in [3.63, 3.8) is 0 Å². The maximum Gasteiger partial charge on any atom is 0.387 e. The maximum absolute atomic E-state index is 12.8. The summed E-state index contributed by atoms with van der Waals surface area (Å²) >= 11 is 0. The molecule has 2 rings (SSSR count). The van der Waals surface area contributed by atoms with Gasteiger partial charge in [-0.25, -0.2) is 4.99 Å². The van der Waals surface area contributed by atoms with Crippen LogP contribution in [0.2, 0.25) is 0 Å². The summed E-state index contributed by atoms with van der Waals surface area (Å²) in [5.41, 5.74) is 1.21. The number of hydrogen-bond donors (Lipinski definition) is 2. The van der Waals surface area contributed by atoms with Gasteiger partial charge >= 0.3 is 6.61 Å². The standard InChI is InChI=1S/C17H22F2N4O3/c1-3-20-17(22-11-13-8-9-25-23-13)21-10-12-6-5-7-14(24-4-2)15(12)26-16(18)19/h5-9,16H,3-4,10-11H2,1-2H3,(H2,20,21,22). The van der Waals surface area contributed by atoms with E-state index in [1.54, 1.807) is 31.2 Å². The zero-order valence-corrected chi connectivity index (χ0v) is 14.7. The summed E-state index contributed by atoms with van der Waals surface area (Å²) in [6.45, 7) is 2.29. The van der Waals surface area contributed by atoms with Crippen LogP contribution in [0.3, 0.4) is 0 Å². The van der Waals surface area contributed by atoms with E-state index in [0.717, 1.165) is 5.69 Å². The Morgan fingerprint density at radius 3 is 2.77 bits per heavy atom. The predicted molar refractivity (Wildman–Crippen MR) is 92.4 cm³/mol. The van der Waals surface area contributed by atoms with E-state index in [2.05, 4.69) is 25.5 Å². The number of ether oxygens (including phenoxy) is 2. The number of guanidine groups is 1. The van der Waals surface area contributed by atoms with Gasteiger partial charge in [-0.1, -0.05) is 17.3 Å². The first-order valence-corrected chi connectivity index (χ1v) is 8.25. The number of aromatic nitrogens is 1. The molecular weight excluding hydrogens is 346 g/mol. The number of halogens is 2. The van der Waals surface area contributed by atoms with Gasteiger partial charge in [0.1, 0.15) is 12.0 Å². The number of para-hydroxylation sites is 1. The minimum absolute atomic E-state index is 0.000416. The Balaban J connectivity index is 2.14. The normalized spacial score (nSPS) is 11.5. The number of hydrogen-bond acceptors (Lipinski definition) is 5. The Hall–Kier alpha value is -2.84. The van der Waals surface area contributed by atoms with Crippen molar-refractivity contribution < 1.29 is 22.8 Å². The van der Waals surface area contributed by atoms with Crippen LogP contribution in [0.15, 0.2) is 40.0 Å². The third-order valence-corrected chi connectivity index (χ3v) is 3.25. The molecule has 0 radical (unpaired) electrons. The SMILES string of the molecule is CCNC(=NCc1cccc(OCC)c1OC(F)F)NCc1ccon1. The van der Waals surface area contributed by atoms with E-state index in [1.165, 1.54) is 6.26 Å². The first-order chi connectivity index (χ1) is 12.6. The molecule has 0 amide bonds. The maximum atomic E-state index is 12.8. The molecule has 0 unspecified atom stereocenters. The van der Waals surface area contributed by atoms with Crippen LogP contribution in [0, 0.1) is 0 Å². The summed E-state index contributed by atoms with van der Waals surface area (Å²) in [6, 6.07) is 6.70. The molecule has 0 fully saturated rings. The first-order valence-electron chi connectivity index (χ1n) is 8.25. The zero-order chi connectivity index (χ0) is 18.8. The minimum Gasteiger partial charge on any atom is -0.490 e. The highest BCUT2D eigenvalue weighted by atomic mass is 19.3. The lowest BCUT2D eigenvalue weighted by Gasteiger charge is -2.15. The van der Waals surface area contributed by atoms with Crippen molar-refractivity contribution in [2.75, 3.05) is 13.2 Å². The molecule has 0 spiro atoms. The van der Waals surface area contributed by atoms with Gasteiger partial charge in [0.2, 0.25) is 0 Å². The number of rotatable bonds is 9. The summed E-state index contributed by atoms with van der Waals surface area (Å²) in [5, 5.41) is 9.97. The second-order valence-corrected chi connectivity index (χ2v) is 5.10. The quantitative estimate of drug-likeness (QED) is 0.523. The highest BCUT2D eigenvalue weighted by Gasteiger charge is 2.15. The second kappa shape index (κ2) is 10.2. The average molecular weight is 368 g/mol. The molecule has 0 aliphatic rings. The highest BCUT2D eigenvalue weighted by molar-refractivity contribution is 5.79. The van der Waals surface area contributed by atoms with Crippen molar-refractivity contribution in [3.8, 4) is 11.5 Å².